The molecular weight excluding hydrogens is 246 g/mol. The fourth-order valence-electron chi connectivity index (χ4n) is 3.37. The van der Waals surface area contributed by atoms with Crippen molar-refractivity contribution in [2.45, 2.75) is 53.4 Å². The van der Waals surface area contributed by atoms with Crippen LogP contribution in [0.1, 0.15) is 56.5 Å². The van der Waals surface area contributed by atoms with Gasteiger partial charge < -0.3 is 4.90 Å². The van der Waals surface area contributed by atoms with Crippen molar-refractivity contribution < 1.29 is 0 Å². The van der Waals surface area contributed by atoms with E-state index in [9.17, 15) is 5.26 Å². The fraction of sp³-hybridized carbons (Fsp3) is 0.647. The number of rotatable bonds is 3. The number of aryl methyl sites for hydroxylation is 2. The van der Waals surface area contributed by atoms with Crippen LogP contribution < -0.4 is 4.90 Å². The van der Waals surface area contributed by atoms with Gasteiger partial charge in [-0.1, -0.05) is 26.7 Å². The van der Waals surface area contributed by atoms with Gasteiger partial charge in [0, 0.05) is 18.8 Å². The minimum atomic E-state index is 0.514. The van der Waals surface area contributed by atoms with Crippen LogP contribution in [0.3, 0.4) is 0 Å². The number of aromatic nitrogens is 1. The molecule has 0 radical (unpaired) electrons. The zero-order valence-electron chi connectivity index (χ0n) is 13.2. The van der Waals surface area contributed by atoms with Gasteiger partial charge in [-0.25, -0.2) is 0 Å². The van der Waals surface area contributed by atoms with Crippen molar-refractivity contribution in [1.82, 2.24) is 4.98 Å². The van der Waals surface area contributed by atoms with Crippen LogP contribution in [0.25, 0.3) is 0 Å². The topological polar surface area (TPSA) is 39.9 Å². The van der Waals surface area contributed by atoms with Gasteiger partial charge in [0.2, 0.25) is 0 Å². The first kappa shape index (κ1) is 14.8. The molecule has 20 heavy (non-hydrogen) atoms. The number of hydrogen-bond acceptors (Lipinski definition) is 3. The summed E-state index contributed by atoms with van der Waals surface area (Å²) in [6.45, 7) is 10.7. The molecule has 1 aromatic heterocycles. The van der Waals surface area contributed by atoms with Gasteiger partial charge in [0.25, 0.3) is 0 Å². The second-order valence-corrected chi connectivity index (χ2v) is 6.05. The molecule has 0 aliphatic carbocycles. The third-order valence-electron chi connectivity index (χ3n) is 5.08. The normalized spacial score (nSPS) is 17.9. The van der Waals surface area contributed by atoms with Crippen LogP contribution in [0.2, 0.25) is 0 Å². The van der Waals surface area contributed by atoms with Gasteiger partial charge in [-0.3, -0.25) is 4.98 Å². The van der Waals surface area contributed by atoms with Gasteiger partial charge in [-0.15, -0.1) is 0 Å². The molecule has 2 rings (SSSR count). The molecule has 3 nitrogen and oxygen atoms in total. The molecule has 108 valence electrons. The van der Waals surface area contributed by atoms with Crippen molar-refractivity contribution in [2.24, 2.45) is 5.41 Å². The Morgan fingerprint density at radius 3 is 2.35 bits per heavy atom. The largest absolute Gasteiger partial charge is 0.370 e. The molecule has 0 saturated carbocycles. The zero-order valence-corrected chi connectivity index (χ0v) is 13.2. The molecule has 1 fully saturated rings. The van der Waals surface area contributed by atoms with Gasteiger partial charge in [0.05, 0.1) is 16.9 Å². The van der Waals surface area contributed by atoms with Gasteiger partial charge in [0.15, 0.2) is 0 Å². The number of nitrogens with zero attached hydrogens (tertiary/aromatic N) is 3. The van der Waals surface area contributed by atoms with Crippen molar-refractivity contribution in [1.29, 1.82) is 5.26 Å². The SMILES string of the molecule is CCC1(CC)CCN(c2cc(C)nc(C)c2C#N)CC1. The lowest BCUT2D eigenvalue weighted by molar-refractivity contribution is 0.199. The predicted molar refractivity (Wildman–Crippen MR) is 82.9 cm³/mol. The first-order valence-electron chi connectivity index (χ1n) is 7.68. The number of pyridine rings is 1. The number of nitriles is 1. The van der Waals surface area contributed by atoms with Crippen molar-refractivity contribution in [3.8, 4) is 6.07 Å². The van der Waals surface area contributed by atoms with Gasteiger partial charge in [-0.05, 0) is 38.2 Å². The minimum absolute atomic E-state index is 0.514. The third kappa shape index (κ3) is 2.65. The Balaban J connectivity index is 2.25. The Morgan fingerprint density at radius 2 is 1.85 bits per heavy atom. The monoisotopic (exact) mass is 271 g/mol. The highest BCUT2D eigenvalue weighted by molar-refractivity contribution is 5.61. The summed E-state index contributed by atoms with van der Waals surface area (Å²) in [5.41, 5.74) is 4.19. The lowest BCUT2D eigenvalue weighted by Crippen LogP contribution is -2.40. The lowest BCUT2D eigenvalue weighted by atomic mass is 9.74. The number of piperidine rings is 1. The molecule has 2 heterocycles. The maximum atomic E-state index is 9.40. The highest BCUT2D eigenvalue weighted by atomic mass is 15.1. The Hall–Kier alpha value is -1.56. The number of hydrogen-bond donors (Lipinski definition) is 0. The Kier molecular flexibility index (Phi) is 4.32. The third-order valence-corrected chi connectivity index (χ3v) is 5.08. The lowest BCUT2D eigenvalue weighted by Gasteiger charge is -2.42. The zero-order chi connectivity index (χ0) is 14.8. The standard InChI is InChI=1S/C17H25N3/c1-5-17(6-2)7-9-20(10-8-17)16-11-13(3)19-14(4)15(16)12-18/h11H,5-10H2,1-4H3. The van der Waals surface area contributed by atoms with E-state index >= 15 is 0 Å². The van der Waals surface area contributed by atoms with Crippen LogP contribution >= 0.6 is 0 Å². The first-order chi connectivity index (χ1) is 9.55. The molecule has 3 heteroatoms. The van der Waals surface area contributed by atoms with Crippen LogP contribution in [0.15, 0.2) is 6.07 Å². The van der Waals surface area contributed by atoms with Crippen LogP contribution in [-0.2, 0) is 0 Å². The Bertz CT molecular complexity index is 514. The molecule has 0 bridgehead atoms. The molecule has 0 unspecified atom stereocenters. The minimum Gasteiger partial charge on any atom is -0.370 e. The maximum absolute atomic E-state index is 9.40. The molecule has 1 aliphatic heterocycles. The molecule has 0 amide bonds. The Labute approximate surface area is 122 Å². The van der Waals surface area contributed by atoms with E-state index < -0.39 is 0 Å². The van der Waals surface area contributed by atoms with Crippen LogP contribution in [-0.4, -0.2) is 18.1 Å². The van der Waals surface area contributed by atoms with Crippen molar-refractivity contribution in [2.75, 3.05) is 18.0 Å². The van der Waals surface area contributed by atoms with Gasteiger partial charge in [0.1, 0.15) is 6.07 Å². The van der Waals surface area contributed by atoms with E-state index in [1.807, 2.05) is 13.8 Å². The molecule has 1 aliphatic rings. The molecule has 1 saturated heterocycles. The summed E-state index contributed by atoms with van der Waals surface area (Å²) in [6.07, 6.45) is 4.98. The van der Waals surface area contributed by atoms with Crippen molar-refractivity contribution in [3.63, 3.8) is 0 Å². The first-order valence-corrected chi connectivity index (χ1v) is 7.68. The van der Waals surface area contributed by atoms with E-state index in [-0.39, 0.29) is 0 Å². The van der Waals surface area contributed by atoms with E-state index in [0.717, 1.165) is 35.7 Å². The summed E-state index contributed by atoms with van der Waals surface area (Å²) in [5.74, 6) is 0. The smallest absolute Gasteiger partial charge is 0.103 e. The second-order valence-electron chi connectivity index (χ2n) is 6.05. The van der Waals surface area contributed by atoms with E-state index in [4.69, 9.17) is 0 Å². The highest BCUT2D eigenvalue weighted by Crippen LogP contribution is 2.39. The summed E-state index contributed by atoms with van der Waals surface area (Å²) >= 11 is 0. The summed E-state index contributed by atoms with van der Waals surface area (Å²) in [6, 6.07) is 4.40. The molecule has 0 N–H and O–H groups in total. The second kappa shape index (κ2) is 5.83. The van der Waals surface area contributed by atoms with Gasteiger partial charge in [-0.2, -0.15) is 5.26 Å². The van der Waals surface area contributed by atoms with E-state index in [1.165, 1.54) is 25.7 Å². The average Bonchev–Trinajstić information content (AvgIpc) is 2.46. The van der Waals surface area contributed by atoms with Crippen LogP contribution in [0, 0.1) is 30.6 Å². The summed E-state index contributed by atoms with van der Waals surface area (Å²) < 4.78 is 0. The molecule has 0 spiro atoms. The van der Waals surface area contributed by atoms with Crippen LogP contribution in [0.5, 0.6) is 0 Å². The quantitative estimate of drug-likeness (QED) is 0.835. The predicted octanol–water partition coefficient (Wildman–Crippen LogP) is 3.98. The molecule has 0 aromatic carbocycles. The molecular formula is C17H25N3. The van der Waals surface area contributed by atoms with E-state index in [0.29, 0.717) is 5.41 Å². The molecule has 0 atom stereocenters. The van der Waals surface area contributed by atoms with E-state index in [1.54, 1.807) is 0 Å². The van der Waals surface area contributed by atoms with Gasteiger partial charge >= 0.3 is 0 Å². The van der Waals surface area contributed by atoms with Crippen molar-refractivity contribution in [3.05, 3.63) is 23.0 Å². The van der Waals surface area contributed by atoms with E-state index in [2.05, 4.69) is 35.9 Å². The number of anilines is 1. The fourth-order valence-corrected chi connectivity index (χ4v) is 3.37. The summed E-state index contributed by atoms with van der Waals surface area (Å²) in [5, 5.41) is 9.40. The summed E-state index contributed by atoms with van der Waals surface area (Å²) in [4.78, 5) is 6.79. The molecule has 1 aromatic rings. The summed E-state index contributed by atoms with van der Waals surface area (Å²) in [7, 11) is 0. The highest BCUT2D eigenvalue weighted by Gasteiger charge is 2.32. The maximum Gasteiger partial charge on any atom is 0.103 e. The average molecular weight is 271 g/mol. The van der Waals surface area contributed by atoms with Crippen LogP contribution in [0.4, 0.5) is 5.69 Å². The van der Waals surface area contributed by atoms with Crippen molar-refractivity contribution >= 4 is 5.69 Å². The Morgan fingerprint density at radius 1 is 1.25 bits per heavy atom.